The van der Waals surface area contributed by atoms with Gasteiger partial charge in [0.2, 0.25) is 0 Å². The summed E-state index contributed by atoms with van der Waals surface area (Å²) in [4.78, 5) is 1.72. The summed E-state index contributed by atoms with van der Waals surface area (Å²) >= 11 is 1.42. The third kappa shape index (κ3) is 2.76. The summed E-state index contributed by atoms with van der Waals surface area (Å²) in [5.41, 5.74) is 0.190. The topological polar surface area (TPSA) is 20.2 Å². The van der Waals surface area contributed by atoms with Crippen LogP contribution in [0.4, 0.5) is 8.78 Å². The maximum Gasteiger partial charge on any atom is 0.165 e. The zero-order valence-electron chi connectivity index (χ0n) is 12.0. The van der Waals surface area contributed by atoms with E-state index in [0.717, 1.165) is 4.88 Å². The van der Waals surface area contributed by atoms with Gasteiger partial charge >= 0.3 is 0 Å². The number of hydrogen-bond acceptors (Lipinski definition) is 2. The van der Waals surface area contributed by atoms with Gasteiger partial charge in [0.25, 0.3) is 0 Å². The maximum absolute atomic E-state index is 13.9. The normalized spacial score (nSPS) is 13.6. The summed E-state index contributed by atoms with van der Waals surface area (Å²) in [5, 5.41) is 10.3. The molecule has 4 heteroatoms. The Bertz CT molecular complexity index is 626. The Hall–Kier alpha value is -1.26. The molecule has 1 aromatic carbocycles. The van der Waals surface area contributed by atoms with Gasteiger partial charge in [-0.1, -0.05) is 32.9 Å². The van der Waals surface area contributed by atoms with Crippen molar-refractivity contribution in [2.45, 2.75) is 39.2 Å². The molecule has 0 amide bonds. The fraction of sp³-hybridized carbons (Fsp3) is 0.375. The van der Waals surface area contributed by atoms with Crippen molar-refractivity contribution in [3.8, 4) is 0 Å². The van der Waals surface area contributed by atoms with Gasteiger partial charge in [0, 0.05) is 15.3 Å². The van der Waals surface area contributed by atoms with Gasteiger partial charge in [-0.25, -0.2) is 8.78 Å². The van der Waals surface area contributed by atoms with Crippen molar-refractivity contribution >= 4 is 11.3 Å². The molecular formula is C16H18F2OS. The highest BCUT2D eigenvalue weighted by molar-refractivity contribution is 7.12. The second-order valence-electron chi connectivity index (χ2n) is 5.95. The molecule has 0 aliphatic carbocycles. The molecule has 0 saturated carbocycles. The lowest BCUT2D eigenvalue weighted by Crippen LogP contribution is -2.08. The lowest BCUT2D eigenvalue weighted by atomic mass is 9.95. The highest BCUT2D eigenvalue weighted by Crippen LogP contribution is 2.35. The largest absolute Gasteiger partial charge is 0.383 e. The molecule has 1 aromatic heterocycles. The molecule has 0 saturated heterocycles. The van der Waals surface area contributed by atoms with Crippen molar-refractivity contribution in [1.29, 1.82) is 0 Å². The first-order valence-electron chi connectivity index (χ1n) is 6.44. The minimum Gasteiger partial charge on any atom is -0.383 e. The molecule has 1 heterocycles. The van der Waals surface area contributed by atoms with Crippen molar-refractivity contribution in [2.75, 3.05) is 0 Å². The first kappa shape index (κ1) is 15.1. The number of aliphatic hydroxyl groups is 1. The molecule has 1 unspecified atom stereocenters. The number of aryl methyl sites for hydroxylation is 1. The van der Waals surface area contributed by atoms with Gasteiger partial charge < -0.3 is 5.11 Å². The number of aliphatic hydroxyl groups excluding tert-OH is 1. The highest BCUT2D eigenvalue weighted by Gasteiger charge is 2.23. The quantitative estimate of drug-likeness (QED) is 0.850. The van der Waals surface area contributed by atoms with Crippen LogP contribution in [-0.2, 0) is 5.41 Å². The van der Waals surface area contributed by atoms with Crippen LogP contribution in [0.5, 0.6) is 0 Å². The highest BCUT2D eigenvalue weighted by atomic mass is 32.1. The van der Waals surface area contributed by atoms with Crippen molar-refractivity contribution in [2.24, 2.45) is 0 Å². The van der Waals surface area contributed by atoms with E-state index in [0.29, 0.717) is 4.88 Å². The molecule has 1 N–H and O–H groups in total. The first-order valence-corrected chi connectivity index (χ1v) is 7.26. The summed E-state index contributed by atoms with van der Waals surface area (Å²) in [6.07, 6.45) is -1.13. The number of benzene rings is 1. The van der Waals surface area contributed by atoms with E-state index in [4.69, 9.17) is 0 Å². The van der Waals surface area contributed by atoms with Crippen LogP contribution in [0.3, 0.4) is 0 Å². The fourth-order valence-electron chi connectivity index (χ4n) is 1.93. The molecule has 2 aromatic rings. The van der Waals surface area contributed by atoms with Crippen molar-refractivity contribution < 1.29 is 13.9 Å². The molecule has 1 nitrogen and oxygen atoms in total. The van der Waals surface area contributed by atoms with E-state index in [1.54, 1.807) is 6.07 Å². The van der Waals surface area contributed by atoms with Crippen LogP contribution in [0.25, 0.3) is 0 Å². The van der Waals surface area contributed by atoms with Crippen LogP contribution >= 0.6 is 11.3 Å². The summed E-state index contributed by atoms with van der Waals surface area (Å²) in [5.74, 6) is -1.86. The molecule has 0 aliphatic heterocycles. The molecule has 0 bridgehead atoms. The Balaban J connectivity index is 2.39. The van der Waals surface area contributed by atoms with E-state index in [1.807, 2.05) is 6.07 Å². The number of hydrogen-bond donors (Lipinski definition) is 1. The predicted molar refractivity (Wildman–Crippen MR) is 78.2 cm³/mol. The maximum atomic E-state index is 13.9. The van der Waals surface area contributed by atoms with Gasteiger partial charge in [-0.15, -0.1) is 11.3 Å². The Morgan fingerprint density at radius 2 is 1.70 bits per heavy atom. The Kier molecular flexibility index (Phi) is 3.98. The molecule has 0 spiro atoms. The predicted octanol–water partition coefficient (Wildman–Crippen LogP) is 4.71. The second-order valence-corrected chi connectivity index (χ2v) is 7.07. The Morgan fingerprint density at radius 1 is 1.05 bits per heavy atom. The summed E-state index contributed by atoms with van der Waals surface area (Å²) < 4.78 is 27.5. The molecular weight excluding hydrogens is 278 g/mol. The summed E-state index contributed by atoms with van der Waals surface area (Å²) in [6, 6.07) is 6.61. The monoisotopic (exact) mass is 296 g/mol. The molecule has 2 rings (SSSR count). The number of rotatable bonds is 2. The van der Waals surface area contributed by atoms with Crippen LogP contribution in [0.2, 0.25) is 0 Å². The average molecular weight is 296 g/mol. The lowest BCUT2D eigenvalue weighted by molar-refractivity contribution is 0.217. The van der Waals surface area contributed by atoms with Crippen LogP contribution < -0.4 is 0 Å². The first-order chi connectivity index (χ1) is 9.21. The van der Waals surface area contributed by atoms with Crippen molar-refractivity contribution in [1.82, 2.24) is 0 Å². The number of halogens is 2. The third-order valence-corrected chi connectivity index (χ3v) is 4.80. The van der Waals surface area contributed by atoms with Crippen LogP contribution in [-0.4, -0.2) is 5.11 Å². The molecule has 108 valence electrons. The van der Waals surface area contributed by atoms with Crippen molar-refractivity contribution in [3.63, 3.8) is 0 Å². The molecule has 20 heavy (non-hydrogen) atoms. The van der Waals surface area contributed by atoms with Gasteiger partial charge in [0.05, 0.1) is 0 Å². The van der Waals surface area contributed by atoms with E-state index in [2.05, 4.69) is 20.8 Å². The zero-order valence-corrected chi connectivity index (χ0v) is 12.8. The van der Waals surface area contributed by atoms with Crippen LogP contribution in [0.15, 0.2) is 24.3 Å². The van der Waals surface area contributed by atoms with Gasteiger partial charge in [0.15, 0.2) is 11.6 Å². The van der Waals surface area contributed by atoms with E-state index in [-0.39, 0.29) is 16.5 Å². The van der Waals surface area contributed by atoms with Gasteiger partial charge in [0.1, 0.15) is 6.10 Å². The van der Waals surface area contributed by atoms with Gasteiger partial charge in [-0.05, 0) is 30.0 Å². The minimum atomic E-state index is -1.13. The van der Waals surface area contributed by atoms with E-state index < -0.39 is 17.7 Å². The average Bonchev–Trinajstić information content (AvgIpc) is 2.85. The standard InChI is InChI=1S/C16H18F2OS/c1-9-5-6-10(14(18)13(9)17)15(19)11-7-8-12(20-11)16(2,3)4/h5-8,15,19H,1-4H3. The molecule has 0 aliphatic rings. The summed E-state index contributed by atoms with van der Waals surface area (Å²) in [6.45, 7) is 7.71. The SMILES string of the molecule is Cc1ccc(C(O)c2ccc(C(C)(C)C)s2)c(F)c1F. The van der Waals surface area contributed by atoms with Gasteiger partial charge in [-0.3, -0.25) is 0 Å². The number of thiophene rings is 1. The van der Waals surface area contributed by atoms with Crippen LogP contribution in [0.1, 0.15) is 47.8 Å². The fourth-order valence-corrected chi connectivity index (χ4v) is 3.00. The molecule has 0 fully saturated rings. The van der Waals surface area contributed by atoms with E-state index in [1.165, 1.54) is 30.4 Å². The summed E-state index contributed by atoms with van der Waals surface area (Å²) in [7, 11) is 0. The second kappa shape index (κ2) is 5.26. The van der Waals surface area contributed by atoms with Gasteiger partial charge in [-0.2, -0.15) is 0 Å². The molecule has 1 atom stereocenters. The molecule has 0 radical (unpaired) electrons. The van der Waals surface area contributed by atoms with E-state index >= 15 is 0 Å². The Labute approximate surface area is 121 Å². The zero-order chi connectivity index (χ0) is 15.1. The Morgan fingerprint density at radius 3 is 2.25 bits per heavy atom. The lowest BCUT2D eigenvalue weighted by Gasteiger charge is -2.16. The van der Waals surface area contributed by atoms with Crippen LogP contribution in [0, 0.1) is 18.6 Å². The van der Waals surface area contributed by atoms with Crippen molar-refractivity contribution in [3.05, 3.63) is 56.8 Å². The smallest absolute Gasteiger partial charge is 0.165 e. The third-order valence-electron chi connectivity index (χ3n) is 3.24. The minimum absolute atomic E-state index is 0.0181. The van der Waals surface area contributed by atoms with E-state index in [9.17, 15) is 13.9 Å².